The number of piperazine rings is 1. The van der Waals surface area contributed by atoms with Crippen LogP contribution in [0.25, 0.3) is 11.0 Å². The van der Waals surface area contributed by atoms with Crippen molar-refractivity contribution in [3.8, 4) is 0 Å². The van der Waals surface area contributed by atoms with E-state index in [1.165, 1.54) is 6.07 Å². The molecule has 0 spiro atoms. The zero-order valence-electron chi connectivity index (χ0n) is 15.8. The first-order valence-corrected chi connectivity index (χ1v) is 9.28. The van der Waals surface area contributed by atoms with Crippen molar-refractivity contribution < 1.29 is 18.0 Å². The molecule has 0 saturated carbocycles. The SMILES string of the molecule is Cc1ccc(C(=O)N2CCN(c3nc4ccccc4nc3C(F)(F)F)CC2)cc1. The number of carbonyl (C=O) groups is 1. The van der Waals surface area contributed by atoms with E-state index >= 15 is 0 Å². The molecule has 0 aliphatic carbocycles. The molecule has 1 aliphatic heterocycles. The standard InChI is InChI=1S/C21H19F3N4O/c1-14-6-8-15(9-7-14)20(29)28-12-10-27(11-13-28)19-18(21(22,23)24)25-16-4-2-3-5-17(16)26-19/h2-9H,10-13H2,1H3. The Kier molecular flexibility index (Phi) is 4.86. The van der Waals surface area contributed by atoms with Crippen LogP contribution in [0.4, 0.5) is 19.0 Å². The zero-order valence-corrected chi connectivity index (χ0v) is 15.8. The van der Waals surface area contributed by atoms with Gasteiger partial charge in [-0.25, -0.2) is 9.97 Å². The van der Waals surface area contributed by atoms with Crippen LogP contribution >= 0.6 is 0 Å². The van der Waals surface area contributed by atoms with Gasteiger partial charge in [-0.3, -0.25) is 4.79 Å². The lowest BCUT2D eigenvalue weighted by atomic mass is 10.1. The van der Waals surface area contributed by atoms with Crippen LogP contribution in [-0.4, -0.2) is 47.0 Å². The third-order valence-corrected chi connectivity index (χ3v) is 4.99. The summed E-state index contributed by atoms with van der Waals surface area (Å²) in [6.07, 6.45) is -4.61. The monoisotopic (exact) mass is 400 g/mol. The second-order valence-corrected chi connectivity index (χ2v) is 7.03. The molecular formula is C21H19F3N4O. The first-order chi connectivity index (χ1) is 13.8. The molecule has 5 nitrogen and oxygen atoms in total. The number of hydrogen-bond acceptors (Lipinski definition) is 4. The van der Waals surface area contributed by atoms with E-state index in [0.717, 1.165) is 5.56 Å². The topological polar surface area (TPSA) is 49.3 Å². The summed E-state index contributed by atoms with van der Waals surface area (Å²) >= 11 is 0. The molecule has 8 heteroatoms. The van der Waals surface area contributed by atoms with E-state index in [1.54, 1.807) is 40.1 Å². The van der Waals surface area contributed by atoms with Gasteiger partial charge in [0.2, 0.25) is 0 Å². The Balaban J connectivity index is 1.57. The van der Waals surface area contributed by atoms with Crippen molar-refractivity contribution in [3.05, 3.63) is 65.4 Å². The first kappa shape index (κ1) is 19.2. The van der Waals surface area contributed by atoms with Crippen molar-refractivity contribution in [1.29, 1.82) is 0 Å². The van der Waals surface area contributed by atoms with Gasteiger partial charge >= 0.3 is 6.18 Å². The molecule has 29 heavy (non-hydrogen) atoms. The normalized spacial score (nSPS) is 15.0. The Morgan fingerprint density at radius 1 is 0.897 bits per heavy atom. The van der Waals surface area contributed by atoms with Gasteiger partial charge < -0.3 is 9.80 Å². The van der Waals surface area contributed by atoms with Crippen molar-refractivity contribution in [1.82, 2.24) is 14.9 Å². The Morgan fingerprint density at radius 2 is 1.48 bits per heavy atom. The minimum Gasteiger partial charge on any atom is -0.351 e. The quantitative estimate of drug-likeness (QED) is 0.654. The second-order valence-electron chi connectivity index (χ2n) is 7.03. The number of anilines is 1. The predicted molar refractivity (Wildman–Crippen MR) is 104 cm³/mol. The van der Waals surface area contributed by atoms with Crippen molar-refractivity contribution in [2.75, 3.05) is 31.1 Å². The summed E-state index contributed by atoms with van der Waals surface area (Å²) in [5, 5.41) is 0. The predicted octanol–water partition coefficient (Wildman–Crippen LogP) is 3.92. The summed E-state index contributed by atoms with van der Waals surface area (Å²) in [5.41, 5.74) is 1.26. The zero-order chi connectivity index (χ0) is 20.6. The Hall–Kier alpha value is -3.16. The molecule has 3 aromatic rings. The molecule has 0 N–H and O–H groups in total. The van der Waals surface area contributed by atoms with Crippen LogP contribution in [0.3, 0.4) is 0 Å². The fourth-order valence-corrected chi connectivity index (χ4v) is 3.40. The number of benzene rings is 2. The number of carbonyl (C=O) groups excluding carboxylic acids is 1. The van der Waals surface area contributed by atoms with E-state index in [4.69, 9.17) is 0 Å². The van der Waals surface area contributed by atoms with E-state index in [0.29, 0.717) is 24.2 Å². The molecule has 0 atom stereocenters. The number of nitrogens with zero attached hydrogens (tertiary/aromatic N) is 4. The van der Waals surface area contributed by atoms with Crippen molar-refractivity contribution in [2.24, 2.45) is 0 Å². The third-order valence-electron chi connectivity index (χ3n) is 4.99. The summed E-state index contributed by atoms with van der Waals surface area (Å²) in [5.74, 6) is -0.302. The van der Waals surface area contributed by atoms with E-state index < -0.39 is 11.9 Å². The lowest BCUT2D eigenvalue weighted by Gasteiger charge is -2.36. The van der Waals surface area contributed by atoms with Crippen molar-refractivity contribution in [3.63, 3.8) is 0 Å². The third kappa shape index (κ3) is 3.87. The highest BCUT2D eigenvalue weighted by molar-refractivity contribution is 5.94. The minimum atomic E-state index is -4.61. The van der Waals surface area contributed by atoms with Gasteiger partial charge in [-0.15, -0.1) is 0 Å². The number of alkyl halides is 3. The molecule has 0 bridgehead atoms. The van der Waals surface area contributed by atoms with E-state index in [1.807, 2.05) is 19.1 Å². The molecule has 4 rings (SSSR count). The summed E-state index contributed by atoms with van der Waals surface area (Å²) in [6, 6.07) is 13.8. The smallest absolute Gasteiger partial charge is 0.351 e. The van der Waals surface area contributed by atoms with E-state index in [2.05, 4.69) is 9.97 Å². The summed E-state index contributed by atoms with van der Waals surface area (Å²) in [7, 11) is 0. The molecule has 1 aromatic heterocycles. The molecule has 1 amide bonds. The van der Waals surface area contributed by atoms with Crippen molar-refractivity contribution in [2.45, 2.75) is 13.1 Å². The van der Waals surface area contributed by atoms with Gasteiger partial charge in [0.25, 0.3) is 5.91 Å². The first-order valence-electron chi connectivity index (χ1n) is 9.28. The van der Waals surface area contributed by atoms with Gasteiger partial charge in [0.15, 0.2) is 11.5 Å². The van der Waals surface area contributed by atoms with Gasteiger partial charge in [0.1, 0.15) is 0 Å². The average molecular weight is 400 g/mol. The molecule has 1 fully saturated rings. The minimum absolute atomic E-state index is 0.120. The van der Waals surface area contributed by atoms with Crippen LogP contribution in [0.5, 0.6) is 0 Å². The van der Waals surface area contributed by atoms with Gasteiger partial charge in [-0.2, -0.15) is 13.2 Å². The maximum Gasteiger partial charge on any atom is 0.437 e. The largest absolute Gasteiger partial charge is 0.437 e. The Bertz CT molecular complexity index is 1040. The molecular weight excluding hydrogens is 381 g/mol. The van der Waals surface area contributed by atoms with Gasteiger partial charge in [-0.05, 0) is 31.2 Å². The van der Waals surface area contributed by atoms with Crippen LogP contribution in [0.15, 0.2) is 48.5 Å². The number of rotatable bonds is 2. The van der Waals surface area contributed by atoms with Gasteiger partial charge in [-0.1, -0.05) is 29.8 Å². The maximum absolute atomic E-state index is 13.6. The molecule has 0 unspecified atom stereocenters. The molecule has 1 saturated heterocycles. The summed E-state index contributed by atoms with van der Waals surface area (Å²) in [4.78, 5) is 23.9. The summed E-state index contributed by atoms with van der Waals surface area (Å²) in [6.45, 7) is 3.09. The molecule has 150 valence electrons. The molecule has 1 aliphatic rings. The lowest BCUT2D eigenvalue weighted by molar-refractivity contribution is -0.140. The number of para-hydroxylation sites is 2. The van der Waals surface area contributed by atoms with Gasteiger partial charge in [0, 0.05) is 31.7 Å². The number of hydrogen-bond donors (Lipinski definition) is 0. The fourth-order valence-electron chi connectivity index (χ4n) is 3.40. The van der Waals surface area contributed by atoms with Crippen LogP contribution < -0.4 is 4.90 Å². The fraction of sp³-hybridized carbons (Fsp3) is 0.286. The number of halogens is 3. The highest BCUT2D eigenvalue weighted by atomic mass is 19.4. The second kappa shape index (κ2) is 7.35. The van der Waals surface area contributed by atoms with E-state index in [9.17, 15) is 18.0 Å². The van der Waals surface area contributed by atoms with Crippen LogP contribution in [0.1, 0.15) is 21.6 Å². The van der Waals surface area contributed by atoms with Crippen LogP contribution in [-0.2, 0) is 6.18 Å². The van der Waals surface area contributed by atoms with E-state index in [-0.39, 0.29) is 30.3 Å². The van der Waals surface area contributed by atoms with Crippen LogP contribution in [0, 0.1) is 6.92 Å². The highest BCUT2D eigenvalue weighted by Gasteiger charge is 2.39. The lowest BCUT2D eigenvalue weighted by Crippen LogP contribution is -2.49. The average Bonchev–Trinajstić information content (AvgIpc) is 2.72. The molecule has 2 heterocycles. The molecule has 0 radical (unpaired) electrons. The number of amides is 1. The Morgan fingerprint density at radius 3 is 2.07 bits per heavy atom. The summed E-state index contributed by atoms with van der Waals surface area (Å²) < 4.78 is 40.8. The van der Waals surface area contributed by atoms with Crippen LogP contribution in [0.2, 0.25) is 0 Å². The number of aromatic nitrogens is 2. The van der Waals surface area contributed by atoms with Gasteiger partial charge in [0.05, 0.1) is 11.0 Å². The number of aryl methyl sites for hydroxylation is 1. The Labute approximate surface area is 165 Å². The maximum atomic E-state index is 13.6. The highest BCUT2D eigenvalue weighted by Crippen LogP contribution is 2.35. The molecule has 2 aromatic carbocycles. The van der Waals surface area contributed by atoms with Crippen molar-refractivity contribution >= 4 is 22.8 Å². The number of fused-ring (bicyclic) bond motifs is 1.